The van der Waals surface area contributed by atoms with E-state index in [1.165, 1.54) is 11.1 Å². The van der Waals surface area contributed by atoms with Crippen LogP contribution in [0.15, 0.2) is 18.2 Å². The second kappa shape index (κ2) is 9.04. The van der Waals surface area contributed by atoms with Gasteiger partial charge in [0.25, 0.3) is 0 Å². The molecule has 1 N–H and O–H groups in total. The molecule has 5 heteroatoms. The van der Waals surface area contributed by atoms with Crippen molar-refractivity contribution in [1.82, 2.24) is 9.80 Å². The van der Waals surface area contributed by atoms with E-state index >= 15 is 0 Å². The number of piperidine rings is 1. The van der Waals surface area contributed by atoms with Gasteiger partial charge in [0, 0.05) is 19.6 Å². The summed E-state index contributed by atoms with van der Waals surface area (Å²) in [6, 6.07) is 6.14. The van der Waals surface area contributed by atoms with E-state index in [2.05, 4.69) is 26.0 Å². The molecule has 1 saturated heterocycles. The predicted molar refractivity (Wildman–Crippen MR) is 95.3 cm³/mol. The molecule has 0 bridgehead atoms. The summed E-state index contributed by atoms with van der Waals surface area (Å²) >= 11 is 0. The third kappa shape index (κ3) is 5.80. The van der Waals surface area contributed by atoms with Crippen LogP contribution in [0.3, 0.4) is 0 Å². The predicted octanol–water partition coefficient (Wildman–Crippen LogP) is 1.99. The summed E-state index contributed by atoms with van der Waals surface area (Å²) < 4.78 is 5.78. The van der Waals surface area contributed by atoms with E-state index in [4.69, 9.17) is 4.74 Å². The first-order chi connectivity index (χ1) is 11.5. The number of hydrogen-bond acceptors (Lipinski definition) is 4. The van der Waals surface area contributed by atoms with Crippen molar-refractivity contribution >= 4 is 5.91 Å². The minimum Gasteiger partial charge on any atom is -0.494 e. The quantitative estimate of drug-likeness (QED) is 0.775. The zero-order chi connectivity index (χ0) is 17.5. The van der Waals surface area contributed by atoms with Gasteiger partial charge in [-0.2, -0.15) is 0 Å². The first kappa shape index (κ1) is 18.7. The topological polar surface area (TPSA) is 53.0 Å². The van der Waals surface area contributed by atoms with Gasteiger partial charge in [-0.15, -0.1) is 0 Å². The molecule has 1 aliphatic rings. The number of carbonyl (C=O) groups is 1. The number of aryl methyl sites for hydroxylation is 2. The Kier molecular flexibility index (Phi) is 7.06. The molecule has 0 aromatic heterocycles. The Bertz CT molecular complexity index is 539. The van der Waals surface area contributed by atoms with Crippen LogP contribution in [0.1, 0.15) is 30.4 Å². The maximum atomic E-state index is 12.2. The SMILES string of the molecule is Cc1ccc(OCCCN(C)CC(=O)N2CCC(O)CC2)cc1C. The van der Waals surface area contributed by atoms with E-state index in [1.54, 1.807) is 0 Å². The van der Waals surface area contributed by atoms with Crippen molar-refractivity contribution in [2.45, 2.75) is 39.2 Å². The van der Waals surface area contributed by atoms with Crippen LogP contribution in [0, 0.1) is 13.8 Å². The smallest absolute Gasteiger partial charge is 0.236 e. The van der Waals surface area contributed by atoms with Crippen LogP contribution in [0.4, 0.5) is 0 Å². The molecular formula is C19H30N2O3. The van der Waals surface area contributed by atoms with Crippen LogP contribution in [0.5, 0.6) is 5.75 Å². The molecule has 2 rings (SSSR count). The summed E-state index contributed by atoms with van der Waals surface area (Å²) in [5, 5.41) is 9.50. The molecule has 1 fully saturated rings. The highest BCUT2D eigenvalue weighted by atomic mass is 16.5. The number of hydrogen-bond donors (Lipinski definition) is 1. The van der Waals surface area contributed by atoms with Gasteiger partial charge in [-0.25, -0.2) is 0 Å². The third-order valence-electron chi connectivity index (χ3n) is 4.65. The van der Waals surface area contributed by atoms with Gasteiger partial charge in [-0.1, -0.05) is 6.07 Å². The van der Waals surface area contributed by atoms with E-state index < -0.39 is 0 Å². The van der Waals surface area contributed by atoms with Gasteiger partial charge in [0.2, 0.25) is 5.91 Å². The normalized spacial score (nSPS) is 15.8. The van der Waals surface area contributed by atoms with Crippen LogP contribution in [-0.2, 0) is 4.79 Å². The van der Waals surface area contributed by atoms with Gasteiger partial charge in [0.1, 0.15) is 5.75 Å². The number of aliphatic hydroxyl groups excluding tert-OH is 1. The molecule has 134 valence electrons. The molecule has 0 saturated carbocycles. The number of rotatable bonds is 7. The van der Waals surface area contributed by atoms with Crippen molar-refractivity contribution < 1.29 is 14.6 Å². The lowest BCUT2D eigenvalue weighted by Crippen LogP contribution is -2.44. The van der Waals surface area contributed by atoms with Gasteiger partial charge >= 0.3 is 0 Å². The lowest BCUT2D eigenvalue weighted by Gasteiger charge is -2.31. The summed E-state index contributed by atoms with van der Waals surface area (Å²) in [6.45, 7) is 7.42. The average molecular weight is 334 g/mol. The van der Waals surface area contributed by atoms with Crippen molar-refractivity contribution in [1.29, 1.82) is 0 Å². The first-order valence-corrected chi connectivity index (χ1v) is 8.80. The molecule has 1 aliphatic heterocycles. The zero-order valence-corrected chi connectivity index (χ0v) is 15.1. The van der Waals surface area contributed by atoms with Crippen molar-refractivity contribution in [3.05, 3.63) is 29.3 Å². The van der Waals surface area contributed by atoms with Gasteiger partial charge in [0.15, 0.2) is 0 Å². The van der Waals surface area contributed by atoms with Gasteiger partial charge in [-0.05, 0) is 63.4 Å². The van der Waals surface area contributed by atoms with Gasteiger partial charge < -0.3 is 14.7 Å². The first-order valence-electron chi connectivity index (χ1n) is 8.80. The van der Waals surface area contributed by atoms with Crippen molar-refractivity contribution in [3.8, 4) is 5.75 Å². The maximum absolute atomic E-state index is 12.2. The maximum Gasteiger partial charge on any atom is 0.236 e. The molecule has 0 spiro atoms. The molecular weight excluding hydrogens is 304 g/mol. The summed E-state index contributed by atoms with van der Waals surface area (Å²) in [4.78, 5) is 16.1. The van der Waals surface area contributed by atoms with E-state index in [0.29, 0.717) is 39.1 Å². The molecule has 1 amide bonds. The average Bonchev–Trinajstić information content (AvgIpc) is 2.55. The van der Waals surface area contributed by atoms with E-state index in [1.807, 2.05) is 22.9 Å². The Morgan fingerprint density at radius 1 is 1.29 bits per heavy atom. The molecule has 5 nitrogen and oxygen atoms in total. The Morgan fingerprint density at radius 2 is 2.00 bits per heavy atom. The van der Waals surface area contributed by atoms with E-state index in [9.17, 15) is 9.90 Å². The molecule has 0 atom stereocenters. The molecule has 1 aromatic carbocycles. The highest BCUT2D eigenvalue weighted by molar-refractivity contribution is 5.78. The van der Waals surface area contributed by atoms with Crippen LogP contribution in [0.2, 0.25) is 0 Å². The van der Waals surface area contributed by atoms with Crippen LogP contribution in [0.25, 0.3) is 0 Å². The highest BCUT2D eigenvalue weighted by Gasteiger charge is 2.21. The van der Waals surface area contributed by atoms with Crippen molar-refractivity contribution in [2.75, 3.05) is 39.8 Å². The fourth-order valence-corrected chi connectivity index (χ4v) is 2.85. The Balaban J connectivity index is 1.63. The Morgan fingerprint density at radius 3 is 2.67 bits per heavy atom. The number of benzene rings is 1. The van der Waals surface area contributed by atoms with Crippen LogP contribution < -0.4 is 4.74 Å². The number of likely N-dealkylation sites (N-methyl/N-ethyl adjacent to an activating group) is 1. The second-order valence-corrected chi connectivity index (χ2v) is 6.80. The number of amides is 1. The molecule has 0 unspecified atom stereocenters. The van der Waals surface area contributed by atoms with Crippen LogP contribution >= 0.6 is 0 Å². The number of ether oxygens (including phenoxy) is 1. The fourth-order valence-electron chi connectivity index (χ4n) is 2.85. The summed E-state index contributed by atoms with van der Waals surface area (Å²) in [5.74, 6) is 1.06. The van der Waals surface area contributed by atoms with Crippen molar-refractivity contribution in [2.24, 2.45) is 0 Å². The van der Waals surface area contributed by atoms with E-state index in [-0.39, 0.29) is 12.0 Å². The van der Waals surface area contributed by atoms with Crippen LogP contribution in [-0.4, -0.2) is 66.8 Å². The van der Waals surface area contributed by atoms with Crippen molar-refractivity contribution in [3.63, 3.8) is 0 Å². The number of carbonyl (C=O) groups excluding carboxylic acids is 1. The Labute approximate surface area is 145 Å². The minimum atomic E-state index is -0.241. The number of nitrogens with zero attached hydrogens (tertiary/aromatic N) is 2. The van der Waals surface area contributed by atoms with Gasteiger partial charge in [-0.3, -0.25) is 9.69 Å². The zero-order valence-electron chi connectivity index (χ0n) is 15.1. The lowest BCUT2D eigenvalue weighted by molar-refractivity contribution is -0.134. The highest BCUT2D eigenvalue weighted by Crippen LogP contribution is 2.16. The monoisotopic (exact) mass is 334 g/mol. The second-order valence-electron chi connectivity index (χ2n) is 6.80. The molecule has 0 aliphatic carbocycles. The summed E-state index contributed by atoms with van der Waals surface area (Å²) in [5.41, 5.74) is 2.51. The number of aliphatic hydroxyl groups is 1. The molecule has 0 radical (unpaired) electrons. The number of likely N-dealkylation sites (tertiary alicyclic amines) is 1. The standard InChI is InChI=1S/C19H30N2O3/c1-15-5-6-18(13-16(15)2)24-12-4-9-20(3)14-19(23)21-10-7-17(22)8-11-21/h5-6,13,17,22H,4,7-12,14H2,1-3H3. The molecule has 24 heavy (non-hydrogen) atoms. The third-order valence-corrected chi connectivity index (χ3v) is 4.65. The minimum absolute atomic E-state index is 0.152. The molecule has 1 aromatic rings. The largest absolute Gasteiger partial charge is 0.494 e. The van der Waals surface area contributed by atoms with Gasteiger partial charge in [0.05, 0.1) is 19.3 Å². The van der Waals surface area contributed by atoms with E-state index in [0.717, 1.165) is 18.7 Å². The lowest BCUT2D eigenvalue weighted by atomic mass is 10.1. The summed E-state index contributed by atoms with van der Waals surface area (Å²) in [7, 11) is 1.96. The Hall–Kier alpha value is -1.59. The molecule has 1 heterocycles. The fraction of sp³-hybridized carbons (Fsp3) is 0.632. The summed E-state index contributed by atoms with van der Waals surface area (Å²) in [6.07, 6.45) is 2.03.